The fourth-order valence-electron chi connectivity index (χ4n) is 9.33. The largest absolute Gasteiger partial charge is 0.504 e. The van der Waals surface area contributed by atoms with E-state index in [2.05, 4.69) is 15.3 Å². The van der Waals surface area contributed by atoms with E-state index in [9.17, 15) is 20.1 Å². The van der Waals surface area contributed by atoms with E-state index in [1.165, 1.54) is 19.4 Å². The minimum atomic E-state index is -0.561. The Labute approximate surface area is 343 Å². The van der Waals surface area contributed by atoms with Crippen LogP contribution in [0.5, 0.6) is 28.7 Å². The van der Waals surface area contributed by atoms with Crippen LogP contribution < -0.4 is 20.5 Å². The SMILES string of the molecule is CN=C(N)NC12CCCC(C1)Oc1cc(ccc1O)CC(C1CC(OC(C)=O)CC(c3cc(O)c(O)c(OCCc4cccnc4)c3)O1)CSSC21CCCCC1. The third-order valence-corrected chi connectivity index (χ3v) is 15.7. The Balaban J connectivity index is 1.20. The fourth-order valence-corrected chi connectivity index (χ4v) is 13.4. The van der Waals surface area contributed by atoms with Gasteiger partial charge in [-0.2, -0.15) is 0 Å². The molecule has 2 aromatic carbocycles. The van der Waals surface area contributed by atoms with Crippen molar-refractivity contribution in [3.8, 4) is 28.7 Å². The van der Waals surface area contributed by atoms with E-state index in [0.717, 1.165) is 68.2 Å². The summed E-state index contributed by atoms with van der Waals surface area (Å²) < 4.78 is 25.5. The number of benzene rings is 2. The Kier molecular flexibility index (Phi) is 13.2. The number of pyridine rings is 1. The lowest BCUT2D eigenvalue weighted by molar-refractivity contribution is -0.163. The van der Waals surface area contributed by atoms with Crippen molar-refractivity contribution in [3.05, 3.63) is 71.5 Å². The maximum absolute atomic E-state index is 12.4. The highest BCUT2D eigenvalue weighted by molar-refractivity contribution is 8.77. The van der Waals surface area contributed by atoms with E-state index in [1.807, 2.05) is 45.9 Å². The van der Waals surface area contributed by atoms with Gasteiger partial charge in [0.15, 0.2) is 29.0 Å². The van der Waals surface area contributed by atoms with Crippen LogP contribution in [0.3, 0.4) is 0 Å². The second kappa shape index (κ2) is 18.3. The molecule has 3 fully saturated rings. The number of hydrogen-bond donors (Lipinski definition) is 5. The molecular weight excluding hydrogens is 765 g/mol. The molecule has 1 saturated heterocycles. The molecule has 4 aliphatic rings. The third kappa shape index (κ3) is 9.66. The summed E-state index contributed by atoms with van der Waals surface area (Å²) in [6.45, 7) is 1.68. The van der Waals surface area contributed by atoms with Gasteiger partial charge >= 0.3 is 5.97 Å². The fraction of sp³-hybridized carbons (Fsp3) is 0.558. The number of phenols is 3. The number of nitrogens with one attached hydrogen (secondary N) is 1. The summed E-state index contributed by atoms with van der Waals surface area (Å²) >= 11 is 0. The van der Waals surface area contributed by atoms with Crippen molar-refractivity contribution in [3.63, 3.8) is 0 Å². The smallest absolute Gasteiger partial charge is 0.302 e. The number of esters is 1. The number of fused-ring (bicyclic) bond motifs is 5. The lowest BCUT2D eigenvalue weighted by Gasteiger charge is -2.55. The maximum Gasteiger partial charge on any atom is 0.302 e. The zero-order valence-electron chi connectivity index (χ0n) is 32.9. The lowest BCUT2D eigenvalue weighted by Crippen LogP contribution is -2.67. The average molecular weight is 821 g/mol. The minimum Gasteiger partial charge on any atom is -0.504 e. The Hall–Kier alpha value is -4.01. The van der Waals surface area contributed by atoms with Crippen LogP contribution in [-0.2, 0) is 27.1 Å². The molecule has 57 heavy (non-hydrogen) atoms. The molecule has 6 N–H and O–H groups in total. The van der Waals surface area contributed by atoms with Crippen molar-refractivity contribution >= 4 is 33.5 Å². The lowest BCUT2D eigenvalue weighted by atomic mass is 9.66. The van der Waals surface area contributed by atoms with Crippen LogP contribution in [0, 0.1) is 5.92 Å². The molecule has 3 heterocycles. The Morgan fingerprint density at radius 1 is 1.07 bits per heavy atom. The monoisotopic (exact) mass is 820 g/mol. The first kappa shape index (κ1) is 41.2. The predicted octanol–water partition coefficient (Wildman–Crippen LogP) is 7.52. The second-order valence-corrected chi connectivity index (χ2v) is 18.8. The molecule has 2 aliphatic carbocycles. The number of ether oxygens (including phenoxy) is 4. The van der Waals surface area contributed by atoms with Crippen molar-refractivity contribution < 1.29 is 39.1 Å². The van der Waals surface area contributed by atoms with Crippen LogP contribution in [-0.4, -0.2) is 80.2 Å². The van der Waals surface area contributed by atoms with E-state index >= 15 is 0 Å². The van der Waals surface area contributed by atoms with E-state index in [4.69, 9.17) is 24.7 Å². The van der Waals surface area contributed by atoms with Gasteiger partial charge in [-0.15, -0.1) is 0 Å². The molecule has 1 spiro atoms. The number of hydrogen-bond acceptors (Lipinski definition) is 12. The molecule has 1 aromatic heterocycles. The molecule has 14 heteroatoms. The zero-order valence-corrected chi connectivity index (χ0v) is 34.5. The molecular formula is C43H56N4O8S2. The van der Waals surface area contributed by atoms with Gasteiger partial charge in [0.05, 0.1) is 24.4 Å². The van der Waals surface area contributed by atoms with Crippen LogP contribution >= 0.6 is 21.6 Å². The van der Waals surface area contributed by atoms with Gasteiger partial charge < -0.3 is 45.3 Å². The molecule has 6 atom stereocenters. The van der Waals surface area contributed by atoms with Gasteiger partial charge in [0, 0.05) is 62.5 Å². The van der Waals surface area contributed by atoms with E-state index in [1.54, 1.807) is 31.6 Å². The zero-order chi connectivity index (χ0) is 40.0. The summed E-state index contributed by atoms with van der Waals surface area (Å²) in [7, 11) is 5.56. The van der Waals surface area contributed by atoms with Crippen molar-refractivity contribution in [2.45, 2.75) is 125 Å². The Morgan fingerprint density at radius 3 is 2.68 bits per heavy atom. The molecule has 2 saturated carbocycles. The number of aliphatic imine (C=N–C) groups is 1. The van der Waals surface area contributed by atoms with Crippen LogP contribution in [0.4, 0.5) is 0 Å². The first-order chi connectivity index (χ1) is 27.5. The number of nitrogens with zero attached hydrogens (tertiary/aromatic N) is 2. The van der Waals surface area contributed by atoms with Gasteiger partial charge in [0.25, 0.3) is 0 Å². The highest BCUT2D eigenvalue weighted by atomic mass is 33.1. The maximum atomic E-state index is 12.4. The van der Waals surface area contributed by atoms with Gasteiger partial charge in [-0.1, -0.05) is 53.0 Å². The topological polar surface area (TPSA) is 178 Å². The molecule has 4 bridgehead atoms. The molecule has 0 radical (unpaired) electrons. The molecule has 12 nitrogen and oxygen atoms in total. The molecule has 2 aliphatic heterocycles. The normalized spacial score (nSPS) is 27.8. The highest BCUT2D eigenvalue weighted by Crippen LogP contribution is 2.57. The number of phenolic OH excluding ortho intramolecular Hbond substituents is 3. The summed E-state index contributed by atoms with van der Waals surface area (Å²) in [6.07, 6.45) is 13.1. The van der Waals surface area contributed by atoms with Gasteiger partial charge in [-0.25, -0.2) is 0 Å². The van der Waals surface area contributed by atoms with Crippen molar-refractivity contribution in [2.24, 2.45) is 16.6 Å². The molecule has 308 valence electrons. The van der Waals surface area contributed by atoms with Crippen molar-refractivity contribution in [1.29, 1.82) is 0 Å². The van der Waals surface area contributed by atoms with Crippen LogP contribution in [0.1, 0.15) is 100 Å². The second-order valence-electron chi connectivity index (χ2n) is 16.1. The number of carbonyl (C=O) groups excluding carboxylic acids is 1. The van der Waals surface area contributed by atoms with Crippen molar-refractivity contribution in [1.82, 2.24) is 10.3 Å². The number of guanidine groups is 1. The Morgan fingerprint density at radius 2 is 1.91 bits per heavy atom. The summed E-state index contributed by atoms with van der Waals surface area (Å²) in [5, 5.41) is 36.5. The van der Waals surface area contributed by atoms with Gasteiger partial charge in [0.2, 0.25) is 5.75 Å². The number of rotatable bonds is 8. The van der Waals surface area contributed by atoms with Crippen LogP contribution in [0.15, 0.2) is 59.9 Å². The van der Waals surface area contributed by atoms with E-state index in [0.29, 0.717) is 43.0 Å². The predicted molar refractivity (Wildman–Crippen MR) is 223 cm³/mol. The average Bonchev–Trinajstić information content (AvgIpc) is 3.20. The summed E-state index contributed by atoms with van der Waals surface area (Å²) in [5.74, 6) is 0.832. The first-order valence-electron chi connectivity index (χ1n) is 20.3. The highest BCUT2D eigenvalue weighted by Gasteiger charge is 2.55. The summed E-state index contributed by atoms with van der Waals surface area (Å²) in [5.41, 5.74) is 8.74. The molecule has 3 aromatic rings. The van der Waals surface area contributed by atoms with E-state index < -0.39 is 12.2 Å². The molecule has 7 rings (SSSR count). The van der Waals surface area contributed by atoms with Crippen molar-refractivity contribution in [2.75, 3.05) is 19.4 Å². The van der Waals surface area contributed by atoms with Gasteiger partial charge in [-0.3, -0.25) is 14.8 Å². The standard InChI is InChI=1S/C43H56N4O8S2/c1-27(48)53-33-22-36(30-20-35(50)40(51)39(21-30)52-17-12-28-8-7-16-46-25-28)55-37(23-33)31-18-29-10-11-34(49)38(19-29)54-32-9-6-13-42(24-32,47-41(44)45-2)43(57-56-26-31)14-4-3-5-15-43/h7-8,10-11,16,19-21,25,31-33,36-37,49-51H,3-6,9,12-15,17-18,22-24,26H2,1-2H3,(H3,44,45,47). The quantitative estimate of drug-likeness (QED) is 0.0496. The van der Waals surface area contributed by atoms with Gasteiger partial charge in [-0.05, 0) is 91.5 Å². The first-order valence-corrected chi connectivity index (χ1v) is 22.6. The summed E-state index contributed by atoms with van der Waals surface area (Å²) in [4.78, 5) is 20.9. The third-order valence-electron chi connectivity index (χ3n) is 12.2. The molecule has 6 unspecified atom stereocenters. The number of nitrogens with two attached hydrogens (primary N) is 1. The Bertz CT molecular complexity index is 1880. The number of aromatic nitrogens is 1. The number of aromatic hydroxyl groups is 3. The van der Waals surface area contributed by atoms with Gasteiger partial charge in [0.1, 0.15) is 12.2 Å². The summed E-state index contributed by atoms with van der Waals surface area (Å²) in [6, 6.07) is 12.6. The number of carbonyl (C=O) groups is 1. The van der Waals surface area contributed by atoms with Crippen LogP contribution in [0.2, 0.25) is 0 Å². The minimum absolute atomic E-state index is 0.0337. The van der Waals surface area contributed by atoms with E-state index in [-0.39, 0.29) is 64.0 Å². The van der Waals surface area contributed by atoms with Crippen LogP contribution in [0.25, 0.3) is 0 Å². The molecule has 0 amide bonds.